The number of aromatic nitrogens is 2. The van der Waals surface area contributed by atoms with E-state index in [9.17, 15) is 10.1 Å². The van der Waals surface area contributed by atoms with E-state index in [2.05, 4.69) is 15.3 Å². The molecule has 1 aliphatic rings. The van der Waals surface area contributed by atoms with Crippen molar-refractivity contribution in [2.45, 2.75) is 19.1 Å². The minimum atomic E-state index is -0.386. The van der Waals surface area contributed by atoms with Gasteiger partial charge >= 0.3 is 0 Å². The zero-order chi connectivity index (χ0) is 17.1. The molecule has 2 heterocycles. The zero-order valence-electron chi connectivity index (χ0n) is 13.8. The van der Waals surface area contributed by atoms with Crippen LogP contribution in [0.4, 0.5) is 17.1 Å². The fourth-order valence-electron chi connectivity index (χ4n) is 3.01. The molecule has 0 aliphatic carbocycles. The number of benzene rings is 1. The van der Waals surface area contributed by atoms with E-state index in [0.717, 1.165) is 36.4 Å². The molecule has 2 aromatic rings. The maximum Gasteiger partial charge on any atom is 0.269 e. The Kier molecular flexibility index (Phi) is 4.66. The molecule has 1 aromatic heterocycles. The van der Waals surface area contributed by atoms with Crippen molar-refractivity contribution in [1.29, 1.82) is 0 Å². The van der Waals surface area contributed by atoms with Crippen LogP contribution < -0.4 is 10.2 Å². The Hall–Kier alpha value is -2.61. The van der Waals surface area contributed by atoms with Gasteiger partial charge in [-0.05, 0) is 12.5 Å². The molecule has 3 rings (SSSR count). The Bertz CT molecular complexity index is 730. The quantitative estimate of drug-likeness (QED) is 0.645. The van der Waals surface area contributed by atoms with Crippen molar-refractivity contribution in [1.82, 2.24) is 9.78 Å². The van der Waals surface area contributed by atoms with Crippen LogP contribution in [0.15, 0.2) is 30.6 Å². The van der Waals surface area contributed by atoms with Crippen molar-refractivity contribution in [3.63, 3.8) is 0 Å². The molecule has 1 aromatic carbocycles. The number of nitrogens with one attached hydrogen (secondary N) is 1. The van der Waals surface area contributed by atoms with Crippen LogP contribution >= 0.6 is 0 Å². The Labute approximate surface area is 140 Å². The van der Waals surface area contributed by atoms with Crippen LogP contribution in [-0.2, 0) is 18.4 Å². The van der Waals surface area contributed by atoms with E-state index in [0.29, 0.717) is 6.61 Å². The van der Waals surface area contributed by atoms with Gasteiger partial charge in [0.05, 0.1) is 23.4 Å². The van der Waals surface area contributed by atoms with Gasteiger partial charge < -0.3 is 15.0 Å². The van der Waals surface area contributed by atoms with Gasteiger partial charge in [0.25, 0.3) is 5.69 Å². The van der Waals surface area contributed by atoms with Crippen molar-refractivity contribution in [2.24, 2.45) is 7.05 Å². The van der Waals surface area contributed by atoms with Crippen LogP contribution in [0.5, 0.6) is 0 Å². The third-order valence-corrected chi connectivity index (χ3v) is 4.20. The molecule has 0 saturated carbocycles. The third kappa shape index (κ3) is 3.48. The maximum atomic E-state index is 10.9. The molecule has 1 atom stereocenters. The summed E-state index contributed by atoms with van der Waals surface area (Å²) in [6.45, 7) is 2.16. The van der Waals surface area contributed by atoms with Gasteiger partial charge in [-0.25, -0.2) is 0 Å². The van der Waals surface area contributed by atoms with E-state index in [1.165, 1.54) is 6.07 Å². The summed E-state index contributed by atoms with van der Waals surface area (Å²) in [6, 6.07) is 5.14. The Morgan fingerprint density at radius 3 is 3.00 bits per heavy atom. The van der Waals surface area contributed by atoms with E-state index >= 15 is 0 Å². The number of nitrogens with zero attached hydrogens (tertiary/aromatic N) is 4. The second-order valence-electron chi connectivity index (χ2n) is 5.98. The average molecular weight is 331 g/mol. The molecule has 1 aliphatic heterocycles. The minimum absolute atomic E-state index is 0.0796. The van der Waals surface area contributed by atoms with E-state index in [4.69, 9.17) is 4.74 Å². The normalized spacial score (nSPS) is 17.2. The number of methoxy groups -OCH3 is 1. The number of ether oxygens (including phenoxy) is 1. The number of hydrogen-bond donors (Lipinski definition) is 1. The monoisotopic (exact) mass is 331 g/mol. The summed E-state index contributed by atoms with van der Waals surface area (Å²) in [4.78, 5) is 12.8. The van der Waals surface area contributed by atoms with Crippen LogP contribution in [0.3, 0.4) is 0 Å². The summed E-state index contributed by atoms with van der Waals surface area (Å²) in [7, 11) is 3.49. The van der Waals surface area contributed by atoms with E-state index in [1.54, 1.807) is 23.9 Å². The first-order valence-electron chi connectivity index (χ1n) is 7.83. The van der Waals surface area contributed by atoms with E-state index in [1.807, 2.05) is 19.4 Å². The number of nitro groups is 1. The lowest BCUT2D eigenvalue weighted by Gasteiger charge is -2.19. The van der Waals surface area contributed by atoms with Crippen molar-refractivity contribution < 1.29 is 9.66 Å². The molecule has 8 nitrogen and oxygen atoms in total. The predicted molar refractivity (Wildman–Crippen MR) is 91.3 cm³/mol. The average Bonchev–Trinajstić information content (AvgIpc) is 3.18. The molecule has 1 saturated heterocycles. The second-order valence-corrected chi connectivity index (χ2v) is 5.98. The van der Waals surface area contributed by atoms with Crippen molar-refractivity contribution >= 4 is 17.1 Å². The summed E-state index contributed by atoms with van der Waals surface area (Å²) in [5.74, 6) is 0. The van der Waals surface area contributed by atoms with Crippen LogP contribution in [0.25, 0.3) is 0 Å². The van der Waals surface area contributed by atoms with Crippen LogP contribution in [0, 0.1) is 10.1 Å². The smallest absolute Gasteiger partial charge is 0.269 e. The first-order chi connectivity index (χ1) is 11.6. The summed E-state index contributed by atoms with van der Waals surface area (Å²) >= 11 is 0. The van der Waals surface area contributed by atoms with Gasteiger partial charge in [0, 0.05) is 62.9 Å². The molecular weight excluding hydrogens is 310 g/mol. The van der Waals surface area contributed by atoms with Gasteiger partial charge in [-0.1, -0.05) is 0 Å². The van der Waals surface area contributed by atoms with Crippen LogP contribution in [0.2, 0.25) is 0 Å². The lowest BCUT2D eigenvalue weighted by Crippen LogP contribution is -2.26. The topological polar surface area (TPSA) is 85.5 Å². The number of non-ortho nitro benzene ring substituents is 1. The van der Waals surface area contributed by atoms with Gasteiger partial charge in [-0.3, -0.25) is 14.8 Å². The standard InChI is InChI=1S/C16H21N5O3/c1-19-10-15(8-17-19)20-6-5-13(9-20)18-16-4-3-14(21(22)23)7-12(16)11-24-2/h3-4,7-8,10,13,18H,5-6,9,11H2,1-2H3/t13-/m1/s1. The fraction of sp³-hybridized carbons (Fsp3) is 0.438. The minimum Gasteiger partial charge on any atom is -0.380 e. The predicted octanol–water partition coefficient (Wildman–Crippen LogP) is 2.17. The number of nitro benzene ring substituents is 1. The first-order valence-corrected chi connectivity index (χ1v) is 7.83. The van der Waals surface area contributed by atoms with Gasteiger partial charge in [0.1, 0.15) is 0 Å². The molecule has 0 spiro atoms. The van der Waals surface area contributed by atoms with Crippen molar-refractivity contribution in [3.8, 4) is 0 Å². The SMILES string of the molecule is COCc1cc([N+](=O)[O-])ccc1N[C@@H]1CCN(c2cnn(C)c2)C1. The lowest BCUT2D eigenvalue weighted by molar-refractivity contribution is -0.384. The number of anilines is 2. The Balaban J connectivity index is 1.70. The largest absolute Gasteiger partial charge is 0.380 e. The van der Waals surface area contributed by atoms with Crippen LogP contribution in [-0.4, -0.2) is 40.9 Å². The van der Waals surface area contributed by atoms with Crippen molar-refractivity contribution in [2.75, 3.05) is 30.4 Å². The van der Waals surface area contributed by atoms with Crippen molar-refractivity contribution in [3.05, 3.63) is 46.3 Å². The summed E-state index contributed by atoms with van der Waals surface area (Å²) in [5.41, 5.74) is 2.88. The molecule has 24 heavy (non-hydrogen) atoms. The molecule has 0 amide bonds. The molecule has 0 bridgehead atoms. The van der Waals surface area contributed by atoms with Gasteiger partial charge in [-0.2, -0.15) is 5.10 Å². The van der Waals surface area contributed by atoms with Gasteiger partial charge in [0.2, 0.25) is 0 Å². The number of aryl methyl sites for hydroxylation is 1. The van der Waals surface area contributed by atoms with Gasteiger partial charge in [-0.15, -0.1) is 0 Å². The maximum absolute atomic E-state index is 10.9. The molecule has 0 unspecified atom stereocenters. The molecule has 1 N–H and O–H groups in total. The van der Waals surface area contributed by atoms with E-state index in [-0.39, 0.29) is 16.7 Å². The fourth-order valence-corrected chi connectivity index (χ4v) is 3.01. The highest BCUT2D eigenvalue weighted by Gasteiger charge is 2.24. The number of rotatable bonds is 6. The van der Waals surface area contributed by atoms with E-state index < -0.39 is 0 Å². The molecule has 1 fully saturated rings. The highest BCUT2D eigenvalue weighted by Crippen LogP contribution is 2.26. The lowest BCUT2D eigenvalue weighted by atomic mass is 10.1. The first kappa shape index (κ1) is 16.3. The summed E-state index contributed by atoms with van der Waals surface area (Å²) in [6.07, 6.45) is 4.87. The summed E-state index contributed by atoms with van der Waals surface area (Å²) in [5, 5.41) is 18.6. The molecule has 0 radical (unpaired) electrons. The van der Waals surface area contributed by atoms with Crippen LogP contribution in [0.1, 0.15) is 12.0 Å². The Morgan fingerprint density at radius 1 is 1.50 bits per heavy atom. The molecular formula is C16H21N5O3. The highest BCUT2D eigenvalue weighted by molar-refractivity contribution is 5.57. The third-order valence-electron chi connectivity index (χ3n) is 4.20. The van der Waals surface area contributed by atoms with Gasteiger partial charge in [0.15, 0.2) is 0 Å². The number of hydrogen-bond acceptors (Lipinski definition) is 6. The molecule has 8 heteroatoms. The highest BCUT2D eigenvalue weighted by atomic mass is 16.6. The Morgan fingerprint density at radius 2 is 2.33 bits per heavy atom. The summed E-state index contributed by atoms with van der Waals surface area (Å²) < 4.78 is 6.97. The molecule has 128 valence electrons. The zero-order valence-corrected chi connectivity index (χ0v) is 13.8. The second kappa shape index (κ2) is 6.88.